The first kappa shape index (κ1) is 17.1. The maximum Gasteiger partial charge on any atom is 0.353 e. The summed E-state index contributed by atoms with van der Waals surface area (Å²) in [4.78, 5) is 25.4. The van der Waals surface area contributed by atoms with Crippen molar-refractivity contribution in [1.29, 1.82) is 0 Å². The lowest BCUT2D eigenvalue weighted by Crippen LogP contribution is -2.43. The lowest BCUT2D eigenvalue weighted by atomic mass is 10.0. The SMILES string of the molecule is O=C(O)c1cc(C(=O)N(Cc2ccccc2F)C2CCOCC2)n[nH]1. The number of rotatable bonds is 5. The molecule has 2 heterocycles. The third kappa shape index (κ3) is 3.85. The molecule has 1 aromatic heterocycles. The van der Waals surface area contributed by atoms with Gasteiger partial charge in [-0.1, -0.05) is 18.2 Å². The molecule has 0 aliphatic carbocycles. The van der Waals surface area contributed by atoms with Crippen molar-refractivity contribution in [3.8, 4) is 0 Å². The smallest absolute Gasteiger partial charge is 0.353 e. The average molecular weight is 347 g/mol. The highest BCUT2D eigenvalue weighted by molar-refractivity contribution is 5.95. The van der Waals surface area contributed by atoms with E-state index in [0.717, 1.165) is 0 Å². The van der Waals surface area contributed by atoms with E-state index in [4.69, 9.17) is 9.84 Å². The molecule has 8 heteroatoms. The van der Waals surface area contributed by atoms with Crippen LogP contribution in [0.25, 0.3) is 0 Å². The number of hydrogen-bond donors (Lipinski definition) is 2. The molecule has 0 unspecified atom stereocenters. The number of carbonyl (C=O) groups is 2. The van der Waals surface area contributed by atoms with Crippen LogP contribution in [0.3, 0.4) is 0 Å². The number of carboxylic acids is 1. The van der Waals surface area contributed by atoms with E-state index >= 15 is 0 Å². The standard InChI is InChI=1S/C17H18FN3O4/c18-13-4-2-1-3-11(13)10-21(12-5-7-25-8-6-12)16(22)14-9-15(17(23)24)20-19-14/h1-4,9,12H,5-8,10H2,(H,19,20)(H,23,24). The van der Waals surface area contributed by atoms with Crippen molar-refractivity contribution in [1.82, 2.24) is 15.1 Å². The normalized spacial score (nSPS) is 15.1. The Bertz CT molecular complexity index is 771. The average Bonchev–Trinajstić information content (AvgIpc) is 3.12. The maximum absolute atomic E-state index is 14.0. The van der Waals surface area contributed by atoms with Crippen molar-refractivity contribution in [2.24, 2.45) is 0 Å². The summed E-state index contributed by atoms with van der Waals surface area (Å²) in [5.74, 6) is -2.02. The molecule has 1 amide bonds. The summed E-state index contributed by atoms with van der Waals surface area (Å²) in [6.07, 6.45) is 1.27. The maximum atomic E-state index is 14.0. The van der Waals surface area contributed by atoms with Crippen LogP contribution in [-0.4, -0.2) is 51.3 Å². The Morgan fingerprint density at radius 2 is 2.04 bits per heavy atom. The number of ether oxygens (including phenoxy) is 1. The Kier molecular flexibility index (Phi) is 5.08. The highest BCUT2D eigenvalue weighted by Crippen LogP contribution is 2.21. The summed E-state index contributed by atoms with van der Waals surface area (Å²) in [5.41, 5.74) is 0.234. The summed E-state index contributed by atoms with van der Waals surface area (Å²) in [6.45, 7) is 1.13. The molecule has 0 spiro atoms. The topological polar surface area (TPSA) is 95.5 Å². The van der Waals surface area contributed by atoms with Crippen molar-refractivity contribution in [3.63, 3.8) is 0 Å². The number of aromatic amines is 1. The van der Waals surface area contributed by atoms with E-state index < -0.39 is 11.9 Å². The number of benzene rings is 1. The Balaban J connectivity index is 1.88. The van der Waals surface area contributed by atoms with Gasteiger partial charge in [-0.25, -0.2) is 9.18 Å². The van der Waals surface area contributed by atoms with E-state index in [9.17, 15) is 14.0 Å². The third-order valence-corrected chi connectivity index (χ3v) is 4.22. The van der Waals surface area contributed by atoms with Crippen LogP contribution >= 0.6 is 0 Å². The summed E-state index contributed by atoms with van der Waals surface area (Å²) >= 11 is 0. The number of halogens is 1. The first-order valence-corrected chi connectivity index (χ1v) is 7.97. The van der Waals surface area contributed by atoms with Gasteiger partial charge in [0.2, 0.25) is 0 Å². The van der Waals surface area contributed by atoms with Crippen LogP contribution in [0.4, 0.5) is 4.39 Å². The van der Waals surface area contributed by atoms with E-state index in [-0.39, 0.29) is 29.8 Å². The van der Waals surface area contributed by atoms with E-state index in [0.29, 0.717) is 31.6 Å². The molecule has 0 radical (unpaired) electrons. The Labute approximate surface area is 143 Å². The first-order chi connectivity index (χ1) is 12.1. The van der Waals surface area contributed by atoms with Crippen LogP contribution in [0.1, 0.15) is 39.4 Å². The minimum Gasteiger partial charge on any atom is -0.477 e. The zero-order valence-electron chi connectivity index (χ0n) is 13.4. The lowest BCUT2D eigenvalue weighted by Gasteiger charge is -2.34. The fourth-order valence-electron chi connectivity index (χ4n) is 2.86. The Morgan fingerprint density at radius 3 is 2.68 bits per heavy atom. The van der Waals surface area contributed by atoms with Gasteiger partial charge in [-0.05, 0) is 18.9 Å². The Morgan fingerprint density at radius 1 is 1.32 bits per heavy atom. The van der Waals surface area contributed by atoms with Crippen LogP contribution in [0.5, 0.6) is 0 Å². The van der Waals surface area contributed by atoms with Gasteiger partial charge in [0, 0.05) is 37.4 Å². The van der Waals surface area contributed by atoms with Gasteiger partial charge >= 0.3 is 5.97 Å². The van der Waals surface area contributed by atoms with Gasteiger partial charge in [-0.2, -0.15) is 5.10 Å². The summed E-state index contributed by atoms with van der Waals surface area (Å²) < 4.78 is 19.4. The van der Waals surface area contributed by atoms with E-state index in [2.05, 4.69) is 10.2 Å². The predicted molar refractivity (Wildman–Crippen MR) is 85.7 cm³/mol. The molecule has 1 aliphatic heterocycles. The summed E-state index contributed by atoms with van der Waals surface area (Å²) in [5, 5.41) is 15.1. The van der Waals surface area contributed by atoms with Crippen LogP contribution in [0, 0.1) is 5.82 Å². The van der Waals surface area contributed by atoms with Crippen molar-refractivity contribution < 1.29 is 23.8 Å². The lowest BCUT2D eigenvalue weighted by molar-refractivity contribution is 0.0261. The largest absolute Gasteiger partial charge is 0.477 e. The van der Waals surface area contributed by atoms with Crippen molar-refractivity contribution in [2.75, 3.05) is 13.2 Å². The molecule has 0 bridgehead atoms. The zero-order valence-corrected chi connectivity index (χ0v) is 13.4. The van der Waals surface area contributed by atoms with E-state index in [1.807, 2.05) is 0 Å². The number of nitrogens with zero attached hydrogens (tertiary/aromatic N) is 2. The van der Waals surface area contributed by atoms with Gasteiger partial charge in [-0.15, -0.1) is 0 Å². The number of aromatic nitrogens is 2. The van der Waals surface area contributed by atoms with Gasteiger partial charge in [0.05, 0.1) is 0 Å². The number of aromatic carboxylic acids is 1. The Hall–Kier alpha value is -2.74. The van der Waals surface area contributed by atoms with Crippen molar-refractivity contribution >= 4 is 11.9 Å². The second kappa shape index (κ2) is 7.43. The molecule has 1 aliphatic rings. The predicted octanol–water partition coefficient (Wildman–Crippen LogP) is 2.07. The first-order valence-electron chi connectivity index (χ1n) is 7.97. The zero-order chi connectivity index (χ0) is 17.8. The molecule has 1 saturated heterocycles. The van der Waals surface area contributed by atoms with Gasteiger partial charge in [0.15, 0.2) is 5.69 Å². The van der Waals surface area contributed by atoms with Gasteiger partial charge in [0.25, 0.3) is 5.91 Å². The molecular weight excluding hydrogens is 329 g/mol. The molecule has 3 rings (SSSR count). The van der Waals surface area contributed by atoms with Gasteiger partial charge in [0.1, 0.15) is 11.5 Å². The summed E-state index contributed by atoms with van der Waals surface area (Å²) in [6, 6.07) is 7.35. The number of hydrogen-bond acceptors (Lipinski definition) is 4. The molecule has 2 N–H and O–H groups in total. The molecule has 25 heavy (non-hydrogen) atoms. The number of H-pyrrole nitrogens is 1. The third-order valence-electron chi connectivity index (χ3n) is 4.22. The molecule has 2 aromatic rings. The van der Waals surface area contributed by atoms with Crippen LogP contribution in [0.2, 0.25) is 0 Å². The van der Waals surface area contributed by atoms with E-state index in [1.54, 1.807) is 23.1 Å². The monoisotopic (exact) mass is 347 g/mol. The molecule has 132 valence electrons. The molecule has 1 aromatic carbocycles. The molecular formula is C17H18FN3O4. The summed E-state index contributed by atoms with van der Waals surface area (Å²) in [7, 11) is 0. The number of carboxylic acid groups (broad SMARTS) is 1. The van der Waals surface area contributed by atoms with Crippen LogP contribution in [-0.2, 0) is 11.3 Å². The van der Waals surface area contributed by atoms with Crippen LogP contribution < -0.4 is 0 Å². The quantitative estimate of drug-likeness (QED) is 0.863. The fraction of sp³-hybridized carbons (Fsp3) is 0.353. The number of amides is 1. The van der Waals surface area contributed by atoms with Crippen LogP contribution in [0.15, 0.2) is 30.3 Å². The van der Waals surface area contributed by atoms with Crippen molar-refractivity contribution in [3.05, 3.63) is 53.1 Å². The highest BCUT2D eigenvalue weighted by Gasteiger charge is 2.29. The number of carbonyl (C=O) groups excluding carboxylic acids is 1. The highest BCUT2D eigenvalue weighted by atomic mass is 19.1. The van der Waals surface area contributed by atoms with E-state index in [1.165, 1.54) is 12.1 Å². The number of nitrogens with one attached hydrogen (secondary N) is 1. The molecule has 0 saturated carbocycles. The molecule has 1 fully saturated rings. The minimum atomic E-state index is -1.20. The second-order valence-electron chi connectivity index (χ2n) is 5.84. The molecule has 0 atom stereocenters. The minimum absolute atomic E-state index is 0.000214. The van der Waals surface area contributed by atoms with Crippen molar-refractivity contribution in [2.45, 2.75) is 25.4 Å². The van der Waals surface area contributed by atoms with Gasteiger partial charge < -0.3 is 14.7 Å². The van der Waals surface area contributed by atoms with Gasteiger partial charge in [-0.3, -0.25) is 9.89 Å². The fourth-order valence-corrected chi connectivity index (χ4v) is 2.86. The second-order valence-corrected chi connectivity index (χ2v) is 5.84. The molecule has 7 nitrogen and oxygen atoms in total.